The van der Waals surface area contributed by atoms with Gasteiger partial charge in [0.15, 0.2) is 0 Å². The van der Waals surface area contributed by atoms with Gasteiger partial charge in [0.05, 0.1) is 17.8 Å². The summed E-state index contributed by atoms with van der Waals surface area (Å²) in [6, 6.07) is 20.4. The fourth-order valence-corrected chi connectivity index (χ4v) is 3.62. The first-order chi connectivity index (χ1) is 15.1. The van der Waals surface area contributed by atoms with E-state index in [2.05, 4.69) is 11.1 Å². The van der Waals surface area contributed by atoms with Gasteiger partial charge in [0, 0.05) is 18.0 Å². The Bertz CT molecular complexity index is 1370. The number of hydrogen-bond acceptors (Lipinski definition) is 5. The van der Waals surface area contributed by atoms with E-state index in [1.165, 1.54) is 4.57 Å². The first-order valence-electron chi connectivity index (χ1n) is 10.0. The number of benzene rings is 2. The standard InChI is InChI=1S/C25H21N3O3/c1-3-13-31-24-19(15-26)18(16-9-5-4-6-10-16)14-20(27-24)22-23(29)17-11-7-8-12-21(17)28(2)25(22)30/h4-12,14,29H,3,13H2,1-2H3. The molecule has 4 rings (SSSR count). The van der Waals surface area contributed by atoms with Gasteiger partial charge in [-0.05, 0) is 30.2 Å². The molecule has 2 aromatic carbocycles. The average molecular weight is 411 g/mol. The Kier molecular flexibility index (Phi) is 5.42. The monoisotopic (exact) mass is 411 g/mol. The van der Waals surface area contributed by atoms with Crippen LogP contribution in [0, 0.1) is 11.3 Å². The number of aromatic nitrogens is 2. The van der Waals surface area contributed by atoms with Crippen LogP contribution in [0.1, 0.15) is 18.9 Å². The van der Waals surface area contributed by atoms with Gasteiger partial charge in [0.1, 0.15) is 22.9 Å². The predicted octanol–water partition coefficient (Wildman–Crippen LogP) is 4.63. The van der Waals surface area contributed by atoms with Gasteiger partial charge in [-0.15, -0.1) is 0 Å². The van der Waals surface area contributed by atoms with E-state index >= 15 is 0 Å². The van der Waals surface area contributed by atoms with Crippen LogP contribution in [-0.2, 0) is 7.05 Å². The number of aromatic hydroxyl groups is 1. The zero-order valence-electron chi connectivity index (χ0n) is 17.3. The molecule has 0 unspecified atom stereocenters. The molecule has 0 spiro atoms. The number of nitriles is 1. The summed E-state index contributed by atoms with van der Waals surface area (Å²) in [5.41, 5.74) is 2.24. The number of rotatable bonds is 5. The maximum absolute atomic E-state index is 13.2. The second-order valence-corrected chi connectivity index (χ2v) is 7.17. The van der Waals surface area contributed by atoms with E-state index in [1.807, 2.05) is 43.3 Å². The molecular weight excluding hydrogens is 390 g/mol. The number of aryl methyl sites for hydroxylation is 1. The van der Waals surface area contributed by atoms with Crippen LogP contribution in [0.3, 0.4) is 0 Å². The van der Waals surface area contributed by atoms with Crippen molar-refractivity contribution in [3.63, 3.8) is 0 Å². The smallest absolute Gasteiger partial charge is 0.264 e. The summed E-state index contributed by atoms with van der Waals surface area (Å²) in [5.74, 6) is 0.00618. The lowest BCUT2D eigenvalue weighted by atomic mass is 9.98. The summed E-state index contributed by atoms with van der Waals surface area (Å²) in [6.07, 6.45) is 0.737. The number of fused-ring (bicyclic) bond motifs is 1. The summed E-state index contributed by atoms with van der Waals surface area (Å²) in [7, 11) is 1.66. The summed E-state index contributed by atoms with van der Waals surface area (Å²) < 4.78 is 7.26. The van der Waals surface area contributed by atoms with Crippen molar-refractivity contribution in [1.82, 2.24) is 9.55 Å². The molecule has 2 aromatic heterocycles. The SMILES string of the molecule is CCCOc1nc(-c2c(O)c3ccccc3n(C)c2=O)cc(-c2ccccc2)c1C#N. The number of hydrogen-bond donors (Lipinski definition) is 1. The van der Waals surface area contributed by atoms with Crippen molar-refractivity contribution >= 4 is 10.9 Å². The van der Waals surface area contributed by atoms with Crippen LogP contribution >= 0.6 is 0 Å². The van der Waals surface area contributed by atoms with Crippen molar-refractivity contribution in [1.29, 1.82) is 5.26 Å². The Morgan fingerprint density at radius 3 is 2.55 bits per heavy atom. The molecule has 0 aliphatic heterocycles. The third kappa shape index (κ3) is 3.51. The zero-order chi connectivity index (χ0) is 22.0. The Morgan fingerprint density at radius 2 is 1.84 bits per heavy atom. The normalized spacial score (nSPS) is 10.7. The van der Waals surface area contributed by atoms with Gasteiger partial charge in [-0.25, -0.2) is 4.98 Å². The molecule has 0 bridgehead atoms. The van der Waals surface area contributed by atoms with Gasteiger partial charge in [0.25, 0.3) is 5.56 Å². The highest BCUT2D eigenvalue weighted by Gasteiger charge is 2.22. The minimum Gasteiger partial charge on any atom is -0.506 e. The highest BCUT2D eigenvalue weighted by Crippen LogP contribution is 2.37. The van der Waals surface area contributed by atoms with E-state index in [0.717, 1.165) is 12.0 Å². The van der Waals surface area contributed by atoms with Crippen molar-refractivity contribution in [2.45, 2.75) is 13.3 Å². The van der Waals surface area contributed by atoms with Crippen LogP contribution < -0.4 is 10.3 Å². The van der Waals surface area contributed by atoms with Gasteiger partial charge in [-0.1, -0.05) is 49.4 Å². The lowest BCUT2D eigenvalue weighted by Crippen LogP contribution is -2.20. The van der Waals surface area contributed by atoms with E-state index < -0.39 is 0 Å². The Morgan fingerprint density at radius 1 is 1.13 bits per heavy atom. The molecule has 1 N–H and O–H groups in total. The largest absolute Gasteiger partial charge is 0.506 e. The zero-order valence-corrected chi connectivity index (χ0v) is 17.3. The Labute approximate surface area is 179 Å². The van der Waals surface area contributed by atoms with Crippen LogP contribution in [0.2, 0.25) is 0 Å². The molecule has 0 atom stereocenters. The van der Waals surface area contributed by atoms with Crippen LogP contribution in [0.25, 0.3) is 33.3 Å². The molecule has 0 fully saturated rings. The highest BCUT2D eigenvalue weighted by atomic mass is 16.5. The molecule has 6 nitrogen and oxygen atoms in total. The first-order valence-corrected chi connectivity index (χ1v) is 10.0. The molecule has 31 heavy (non-hydrogen) atoms. The molecule has 0 aliphatic rings. The van der Waals surface area contributed by atoms with E-state index in [9.17, 15) is 15.2 Å². The van der Waals surface area contributed by atoms with Crippen LogP contribution in [0.15, 0.2) is 65.5 Å². The third-order valence-corrected chi connectivity index (χ3v) is 5.16. The van der Waals surface area contributed by atoms with E-state index in [-0.39, 0.29) is 28.4 Å². The van der Waals surface area contributed by atoms with Crippen LogP contribution in [0.4, 0.5) is 0 Å². The quantitative estimate of drug-likeness (QED) is 0.517. The van der Waals surface area contributed by atoms with Crippen molar-refractivity contribution < 1.29 is 9.84 Å². The highest BCUT2D eigenvalue weighted by molar-refractivity contribution is 5.92. The summed E-state index contributed by atoms with van der Waals surface area (Å²) in [6.45, 7) is 2.33. The minimum absolute atomic E-state index is 0.0734. The van der Waals surface area contributed by atoms with E-state index in [4.69, 9.17) is 4.74 Å². The number of pyridine rings is 2. The number of ether oxygens (including phenoxy) is 1. The van der Waals surface area contributed by atoms with Crippen molar-refractivity contribution in [3.05, 3.63) is 76.6 Å². The summed E-state index contributed by atoms with van der Waals surface area (Å²) in [4.78, 5) is 17.7. The van der Waals surface area contributed by atoms with Gasteiger partial charge >= 0.3 is 0 Å². The molecule has 154 valence electrons. The van der Waals surface area contributed by atoms with Crippen molar-refractivity contribution in [2.75, 3.05) is 6.61 Å². The van der Waals surface area contributed by atoms with Gasteiger partial charge in [-0.2, -0.15) is 5.26 Å². The predicted molar refractivity (Wildman–Crippen MR) is 120 cm³/mol. The van der Waals surface area contributed by atoms with E-state index in [0.29, 0.717) is 28.6 Å². The molecule has 0 radical (unpaired) electrons. The van der Waals surface area contributed by atoms with Gasteiger partial charge in [0.2, 0.25) is 5.88 Å². The Hall–Kier alpha value is -4.11. The molecule has 6 heteroatoms. The number of para-hydroxylation sites is 1. The fourth-order valence-electron chi connectivity index (χ4n) is 3.62. The second-order valence-electron chi connectivity index (χ2n) is 7.17. The summed E-state index contributed by atoms with van der Waals surface area (Å²) >= 11 is 0. The topological polar surface area (TPSA) is 88.1 Å². The van der Waals surface area contributed by atoms with E-state index in [1.54, 1.807) is 31.3 Å². The molecule has 0 saturated heterocycles. The fraction of sp³-hybridized carbons (Fsp3) is 0.160. The molecule has 0 saturated carbocycles. The average Bonchev–Trinajstić information content (AvgIpc) is 2.81. The lowest BCUT2D eigenvalue weighted by Gasteiger charge is -2.15. The summed E-state index contributed by atoms with van der Waals surface area (Å²) in [5, 5.41) is 21.4. The molecular formula is C25H21N3O3. The van der Waals surface area contributed by atoms with Crippen molar-refractivity contribution in [2.24, 2.45) is 7.05 Å². The maximum Gasteiger partial charge on any atom is 0.264 e. The third-order valence-electron chi connectivity index (χ3n) is 5.16. The molecule has 4 aromatic rings. The molecule has 0 aliphatic carbocycles. The minimum atomic E-state index is -0.381. The maximum atomic E-state index is 13.2. The molecule has 0 amide bonds. The van der Waals surface area contributed by atoms with Crippen LogP contribution in [0.5, 0.6) is 11.6 Å². The van der Waals surface area contributed by atoms with Gasteiger partial charge < -0.3 is 14.4 Å². The lowest BCUT2D eigenvalue weighted by molar-refractivity contribution is 0.305. The van der Waals surface area contributed by atoms with Gasteiger partial charge in [-0.3, -0.25) is 4.79 Å². The van der Waals surface area contributed by atoms with Crippen LogP contribution in [-0.4, -0.2) is 21.3 Å². The van der Waals surface area contributed by atoms with Crippen molar-refractivity contribution in [3.8, 4) is 40.1 Å². The Balaban J connectivity index is 2.07. The molecule has 2 heterocycles. The number of nitrogens with zero attached hydrogens (tertiary/aromatic N) is 3. The second kappa shape index (κ2) is 8.33. The first kappa shape index (κ1) is 20.2.